The average Bonchev–Trinajstić information content (AvgIpc) is 2.22. The Hall–Kier alpha value is -1.21. The van der Waals surface area contributed by atoms with Gasteiger partial charge in [-0.05, 0) is 32.9 Å². The maximum absolute atomic E-state index is 11.8. The van der Waals surface area contributed by atoms with Crippen LogP contribution < -0.4 is 10.0 Å². The fraction of sp³-hybridized carbons (Fsp3) is 0.667. The first-order valence-corrected chi connectivity index (χ1v) is 8.00. The molecule has 1 heterocycles. The van der Waals surface area contributed by atoms with E-state index >= 15 is 0 Å². The molecule has 0 radical (unpaired) electrons. The Kier molecular flexibility index (Phi) is 5.68. The second kappa shape index (κ2) is 6.81. The molecule has 0 atom stereocenters. The predicted molar refractivity (Wildman–Crippen MR) is 76.7 cm³/mol. The summed E-state index contributed by atoms with van der Waals surface area (Å²) < 4.78 is 26.1. The van der Waals surface area contributed by atoms with Gasteiger partial charge in [0.25, 0.3) is 0 Å². The maximum Gasteiger partial charge on any atom is 0.236 e. The van der Waals surface area contributed by atoms with Gasteiger partial charge in [-0.25, -0.2) is 18.4 Å². The molecular weight excluding hydrogens is 264 g/mol. The van der Waals surface area contributed by atoms with Crippen LogP contribution in [0.2, 0.25) is 0 Å². The van der Waals surface area contributed by atoms with Crippen LogP contribution in [0.3, 0.4) is 0 Å². The standard InChI is InChI=1S/C12H22N4O2S/c1-9(2)13-6-5-7-19(17,18)16-12-14-10(3)8-11(4)15-12/h8-9,13H,5-7H2,1-4H3,(H,14,15,16). The van der Waals surface area contributed by atoms with Crippen LogP contribution in [0.4, 0.5) is 5.95 Å². The first kappa shape index (κ1) is 15.8. The molecule has 1 aromatic heterocycles. The van der Waals surface area contributed by atoms with E-state index in [1.165, 1.54) is 0 Å². The van der Waals surface area contributed by atoms with Gasteiger partial charge in [-0.1, -0.05) is 13.8 Å². The normalized spacial score (nSPS) is 11.8. The van der Waals surface area contributed by atoms with E-state index in [1.54, 1.807) is 19.9 Å². The van der Waals surface area contributed by atoms with Gasteiger partial charge < -0.3 is 5.32 Å². The number of nitrogens with one attached hydrogen (secondary N) is 2. The van der Waals surface area contributed by atoms with Crippen LogP contribution in [0, 0.1) is 13.8 Å². The lowest BCUT2D eigenvalue weighted by Gasteiger charge is -2.09. The van der Waals surface area contributed by atoms with Crippen LogP contribution in [0.1, 0.15) is 31.7 Å². The molecule has 0 amide bonds. The molecule has 0 aromatic carbocycles. The number of aryl methyl sites for hydroxylation is 2. The minimum atomic E-state index is -3.38. The molecule has 0 spiro atoms. The molecule has 6 nitrogen and oxygen atoms in total. The molecule has 0 bridgehead atoms. The minimum absolute atomic E-state index is 0.0586. The minimum Gasteiger partial charge on any atom is -0.314 e. The molecule has 0 aliphatic heterocycles. The number of aromatic nitrogens is 2. The Bertz CT molecular complexity index is 494. The summed E-state index contributed by atoms with van der Waals surface area (Å²) in [6.45, 7) is 8.33. The predicted octanol–water partition coefficient (Wildman–Crippen LogP) is 1.22. The van der Waals surface area contributed by atoms with Crippen molar-refractivity contribution in [1.29, 1.82) is 0 Å². The van der Waals surface area contributed by atoms with Gasteiger partial charge in [0.15, 0.2) is 0 Å². The number of hydrogen-bond donors (Lipinski definition) is 2. The summed E-state index contributed by atoms with van der Waals surface area (Å²) >= 11 is 0. The smallest absolute Gasteiger partial charge is 0.236 e. The van der Waals surface area contributed by atoms with Crippen molar-refractivity contribution in [2.75, 3.05) is 17.0 Å². The van der Waals surface area contributed by atoms with Gasteiger partial charge in [0.2, 0.25) is 16.0 Å². The van der Waals surface area contributed by atoms with Gasteiger partial charge in [0.1, 0.15) is 0 Å². The second-order valence-electron chi connectivity index (χ2n) is 4.86. The van der Waals surface area contributed by atoms with Gasteiger partial charge in [-0.2, -0.15) is 0 Å². The second-order valence-corrected chi connectivity index (χ2v) is 6.70. The fourth-order valence-electron chi connectivity index (χ4n) is 1.61. The van der Waals surface area contributed by atoms with Crippen LogP contribution in [-0.2, 0) is 10.0 Å². The topological polar surface area (TPSA) is 84.0 Å². The first-order chi connectivity index (χ1) is 8.78. The highest BCUT2D eigenvalue weighted by Gasteiger charge is 2.12. The van der Waals surface area contributed by atoms with Gasteiger partial charge in [0, 0.05) is 17.4 Å². The molecule has 108 valence electrons. The lowest BCUT2D eigenvalue weighted by atomic mass is 10.4. The zero-order chi connectivity index (χ0) is 14.5. The molecule has 0 unspecified atom stereocenters. The molecule has 0 fully saturated rings. The molecule has 0 aliphatic rings. The number of anilines is 1. The molecule has 0 aliphatic carbocycles. The number of rotatable bonds is 7. The van der Waals surface area contributed by atoms with Gasteiger partial charge >= 0.3 is 0 Å². The SMILES string of the molecule is Cc1cc(C)nc(NS(=O)(=O)CCCNC(C)C)n1. The summed E-state index contributed by atoms with van der Waals surface area (Å²) in [5.74, 6) is 0.206. The zero-order valence-electron chi connectivity index (χ0n) is 11.9. The van der Waals surface area contributed by atoms with Crippen molar-refractivity contribution in [1.82, 2.24) is 15.3 Å². The van der Waals surface area contributed by atoms with Crippen molar-refractivity contribution in [3.63, 3.8) is 0 Å². The average molecular weight is 286 g/mol. The van der Waals surface area contributed by atoms with Crippen LogP contribution in [0.5, 0.6) is 0 Å². The summed E-state index contributed by atoms with van der Waals surface area (Å²) in [5.41, 5.74) is 1.48. The largest absolute Gasteiger partial charge is 0.314 e. The molecule has 2 N–H and O–H groups in total. The molecule has 19 heavy (non-hydrogen) atoms. The Labute approximate surface area is 115 Å². The summed E-state index contributed by atoms with van der Waals surface area (Å²) in [7, 11) is -3.38. The summed E-state index contributed by atoms with van der Waals surface area (Å²) in [4.78, 5) is 8.12. The van der Waals surface area contributed by atoms with E-state index in [0.29, 0.717) is 19.0 Å². The number of nitrogens with zero attached hydrogens (tertiary/aromatic N) is 2. The third-order valence-electron chi connectivity index (χ3n) is 2.37. The summed E-state index contributed by atoms with van der Waals surface area (Å²) in [5, 5.41) is 3.18. The Morgan fingerprint density at radius 3 is 2.32 bits per heavy atom. The van der Waals surface area contributed by atoms with Crippen molar-refractivity contribution in [3.8, 4) is 0 Å². The van der Waals surface area contributed by atoms with Gasteiger partial charge in [-0.3, -0.25) is 4.72 Å². The fourth-order valence-corrected chi connectivity index (χ4v) is 2.61. The van der Waals surface area contributed by atoms with Crippen molar-refractivity contribution >= 4 is 16.0 Å². The highest BCUT2D eigenvalue weighted by Crippen LogP contribution is 2.06. The molecule has 0 saturated carbocycles. The van der Waals surface area contributed by atoms with Crippen molar-refractivity contribution in [2.24, 2.45) is 0 Å². The Morgan fingerprint density at radius 1 is 1.21 bits per heavy atom. The van der Waals surface area contributed by atoms with E-state index in [4.69, 9.17) is 0 Å². The van der Waals surface area contributed by atoms with E-state index in [1.807, 2.05) is 13.8 Å². The summed E-state index contributed by atoms with van der Waals surface area (Å²) in [6, 6.07) is 2.16. The number of hydrogen-bond acceptors (Lipinski definition) is 5. The Balaban J connectivity index is 2.54. The monoisotopic (exact) mass is 286 g/mol. The maximum atomic E-state index is 11.8. The van der Waals surface area contributed by atoms with Crippen molar-refractivity contribution < 1.29 is 8.42 Å². The van der Waals surface area contributed by atoms with Crippen LogP contribution in [0.15, 0.2) is 6.07 Å². The molecule has 7 heteroatoms. The molecule has 0 saturated heterocycles. The van der Waals surface area contributed by atoms with Crippen molar-refractivity contribution in [2.45, 2.75) is 40.2 Å². The quantitative estimate of drug-likeness (QED) is 0.736. The third kappa shape index (κ3) is 6.49. The molecule has 1 rings (SSSR count). The van der Waals surface area contributed by atoms with E-state index in [0.717, 1.165) is 11.4 Å². The zero-order valence-corrected chi connectivity index (χ0v) is 12.7. The van der Waals surface area contributed by atoms with E-state index < -0.39 is 10.0 Å². The third-order valence-corrected chi connectivity index (χ3v) is 3.69. The highest BCUT2D eigenvalue weighted by molar-refractivity contribution is 7.92. The van der Waals surface area contributed by atoms with Crippen molar-refractivity contribution in [3.05, 3.63) is 17.5 Å². The molecular formula is C12H22N4O2S. The summed E-state index contributed by atoms with van der Waals surface area (Å²) in [6.07, 6.45) is 0.554. The molecule has 1 aromatic rings. The van der Waals surface area contributed by atoms with Gasteiger partial charge in [-0.15, -0.1) is 0 Å². The van der Waals surface area contributed by atoms with Crippen LogP contribution in [0.25, 0.3) is 0 Å². The number of sulfonamides is 1. The van der Waals surface area contributed by atoms with Gasteiger partial charge in [0.05, 0.1) is 5.75 Å². The lowest BCUT2D eigenvalue weighted by Crippen LogP contribution is -2.27. The van der Waals surface area contributed by atoms with E-state index in [-0.39, 0.29) is 11.7 Å². The van der Waals surface area contributed by atoms with Crippen LogP contribution in [-0.4, -0.2) is 36.7 Å². The first-order valence-electron chi connectivity index (χ1n) is 6.34. The highest BCUT2D eigenvalue weighted by atomic mass is 32.2. The van der Waals surface area contributed by atoms with E-state index in [2.05, 4.69) is 20.0 Å². The lowest BCUT2D eigenvalue weighted by molar-refractivity contribution is 0.570. The Morgan fingerprint density at radius 2 is 1.79 bits per heavy atom. The van der Waals surface area contributed by atoms with E-state index in [9.17, 15) is 8.42 Å². The van der Waals surface area contributed by atoms with Crippen LogP contribution >= 0.6 is 0 Å².